The quantitative estimate of drug-likeness (QED) is 0.720. The van der Waals surface area contributed by atoms with E-state index in [4.69, 9.17) is 9.15 Å². The Morgan fingerprint density at radius 3 is 2.36 bits per heavy atom. The predicted molar refractivity (Wildman–Crippen MR) is 94.0 cm³/mol. The van der Waals surface area contributed by atoms with Gasteiger partial charge in [-0.15, -0.1) is 0 Å². The van der Waals surface area contributed by atoms with E-state index in [0.717, 1.165) is 11.3 Å². The lowest BCUT2D eigenvalue weighted by molar-refractivity contribution is -0.141. The molecule has 1 aromatic heterocycles. The Kier molecular flexibility index (Phi) is 6.22. The van der Waals surface area contributed by atoms with Crippen LogP contribution in [-0.4, -0.2) is 25.5 Å². The number of benzene rings is 1. The summed E-state index contributed by atoms with van der Waals surface area (Å²) in [4.78, 5) is 24.6. The fourth-order valence-electron chi connectivity index (χ4n) is 2.24. The van der Waals surface area contributed by atoms with E-state index in [1.54, 1.807) is 39.4 Å². The molecular formula is C19H24N2O4. The van der Waals surface area contributed by atoms with Crippen LogP contribution in [0.2, 0.25) is 0 Å². The number of amides is 2. The van der Waals surface area contributed by atoms with Crippen LogP contribution in [0.1, 0.15) is 25.2 Å². The van der Waals surface area contributed by atoms with Crippen LogP contribution in [0.5, 0.6) is 5.75 Å². The second kappa shape index (κ2) is 8.37. The largest absolute Gasteiger partial charge is 0.497 e. The summed E-state index contributed by atoms with van der Waals surface area (Å²) in [6.45, 7) is 3.93. The number of carbonyl (C=O) groups excluding carboxylic acids is 2. The lowest BCUT2D eigenvalue weighted by Gasteiger charge is -2.22. The van der Waals surface area contributed by atoms with Gasteiger partial charge < -0.3 is 19.8 Å². The molecule has 0 aliphatic rings. The van der Waals surface area contributed by atoms with Gasteiger partial charge in [0.1, 0.15) is 16.9 Å². The number of furan rings is 1. The average molecular weight is 344 g/mol. The van der Waals surface area contributed by atoms with Crippen LogP contribution < -0.4 is 15.4 Å². The first-order valence-corrected chi connectivity index (χ1v) is 8.15. The van der Waals surface area contributed by atoms with Crippen LogP contribution in [-0.2, 0) is 22.6 Å². The molecule has 2 rings (SSSR count). The lowest BCUT2D eigenvalue weighted by Crippen LogP contribution is -2.48. The first kappa shape index (κ1) is 18.6. The van der Waals surface area contributed by atoms with Crippen LogP contribution in [0.25, 0.3) is 0 Å². The standard InChI is InChI=1S/C19H24N2O4/c1-19(2,18(23)21-13-16-5-4-12-25-16)17(22)20-11-10-14-6-8-15(24-3)9-7-14/h4-9,12H,10-11,13H2,1-3H3,(H,20,22)(H,21,23). The minimum atomic E-state index is -1.16. The molecule has 25 heavy (non-hydrogen) atoms. The Hall–Kier alpha value is -2.76. The van der Waals surface area contributed by atoms with Gasteiger partial charge in [0.15, 0.2) is 0 Å². The highest BCUT2D eigenvalue weighted by Crippen LogP contribution is 2.16. The summed E-state index contributed by atoms with van der Waals surface area (Å²) in [5, 5.41) is 5.54. The van der Waals surface area contributed by atoms with Crippen LogP contribution >= 0.6 is 0 Å². The maximum atomic E-state index is 12.3. The van der Waals surface area contributed by atoms with Gasteiger partial charge in [-0.3, -0.25) is 9.59 Å². The van der Waals surface area contributed by atoms with Gasteiger partial charge >= 0.3 is 0 Å². The van der Waals surface area contributed by atoms with E-state index in [1.165, 1.54) is 0 Å². The van der Waals surface area contributed by atoms with E-state index >= 15 is 0 Å². The van der Waals surface area contributed by atoms with Crippen molar-refractivity contribution in [1.82, 2.24) is 10.6 Å². The number of rotatable bonds is 8. The molecule has 0 saturated heterocycles. The summed E-state index contributed by atoms with van der Waals surface area (Å²) in [5.74, 6) is 0.787. The molecule has 0 bridgehead atoms. The zero-order valence-electron chi connectivity index (χ0n) is 14.8. The smallest absolute Gasteiger partial charge is 0.235 e. The molecule has 0 radical (unpaired) electrons. The Bertz CT molecular complexity index is 691. The van der Waals surface area contributed by atoms with Crippen molar-refractivity contribution in [2.45, 2.75) is 26.8 Å². The minimum Gasteiger partial charge on any atom is -0.497 e. The number of methoxy groups -OCH3 is 1. The number of ether oxygens (including phenoxy) is 1. The van der Waals surface area contributed by atoms with Crippen molar-refractivity contribution in [1.29, 1.82) is 0 Å². The zero-order chi connectivity index (χ0) is 18.3. The van der Waals surface area contributed by atoms with Gasteiger partial charge in [0.05, 0.1) is 19.9 Å². The average Bonchev–Trinajstić information content (AvgIpc) is 3.13. The number of carbonyl (C=O) groups is 2. The molecule has 0 aliphatic heterocycles. The fraction of sp³-hybridized carbons (Fsp3) is 0.368. The van der Waals surface area contributed by atoms with Gasteiger partial charge in [-0.25, -0.2) is 0 Å². The van der Waals surface area contributed by atoms with E-state index < -0.39 is 5.41 Å². The summed E-state index contributed by atoms with van der Waals surface area (Å²) >= 11 is 0. The van der Waals surface area contributed by atoms with Crippen molar-refractivity contribution in [3.8, 4) is 5.75 Å². The van der Waals surface area contributed by atoms with E-state index in [0.29, 0.717) is 18.7 Å². The second-order valence-corrected chi connectivity index (χ2v) is 6.24. The predicted octanol–water partition coefficient (Wildman–Crippen LogP) is 2.29. The van der Waals surface area contributed by atoms with Crippen LogP contribution in [0.4, 0.5) is 0 Å². The van der Waals surface area contributed by atoms with Gasteiger partial charge in [-0.05, 0) is 50.1 Å². The van der Waals surface area contributed by atoms with Gasteiger partial charge in [-0.2, -0.15) is 0 Å². The number of hydrogen-bond donors (Lipinski definition) is 2. The molecule has 2 N–H and O–H groups in total. The molecule has 0 fully saturated rings. The van der Waals surface area contributed by atoms with Crippen molar-refractivity contribution < 1.29 is 18.7 Å². The van der Waals surface area contributed by atoms with Gasteiger partial charge in [0.25, 0.3) is 0 Å². The van der Waals surface area contributed by atoms with Crippen LogP contribution in [0.3, 0.4) is 0 Å². The molecule has 2 amide bonds. The molecule has 6 nitrogen and oxygen atoms in total. The molecule has 1 aromatic carbocycles. The summed E-state index contributed by atoms with van der Waals surface area (Å²) in [5.41, 5.74) is -0.0758. The molecule has 0 unspecified atom stereocenters. The number of hydrogen-bond acceptors (Lipinski definition) is 4. The highest BCUT2D eigenvalue weighted by Gasteiger charge is 2.35. The summed E-state index contributed by atoms with van der Waals surface area (Å²) < 4.78 is 10.3. The van der Waals surface area contributed by atoms with Crippen molar-refractivity contribution in [2.24, 2.45) is 5.41 Å². The lowest BCUT2D eigenvalue weighted by atomic mass is 9.91. The summed E-state index contributed by atoms with van der Waals surface area (Å²) in [6.07, 6.45) is 2.22. The topological polar surface area (TPSA) is 80.6 Å². The van der Waals surface area contributed by atoms with Gasteiger partial charge in [0.2, 0.25) is 11.8 Å². The Labute approximate surface area is 147 Å². The molecule has 0 spiro atoms. The molecule has 2 aromatic rings. The van der Waals surface area contributed by atoms with Crippen LogP contribution in [0.15, 0.2) is 47.1 Å². The van der Waals surface area contributed by atoms with Crippen molar-refractivity contribution in [3.05, 3.63) is 54.0 Å². The monoisotopic (exact) mass is 344 g/mol. The van der Waals surface area contributed by atoms with Gasteiger partial charge in [-0.1, -0.05) is 12.1 Å². The van der Waals surface area contributed by atoms with E-state index in [-0.39, 0.29) is 18.4 Å². The highest BCUT2D eigenvalue weighted by molar-refractivity contribution is 6.04. The molecule has 0 atom stereocenters. The Balaban J connectivity index is 1.79. The van der Waals surface area contributed by atoms with Crippen molar-refractivity contribution in [2.75, 3.05) is 13.7 Å². The second-order valence-electron chi connectivity index (χ2n) is 6.24. The first-order chi connectivity index (χ1) is 11.9. The molecule has 134 valence electrons. The third-order valence-electron chi connectivity index (χ3n) is 4.00. The Morgan fingerprint density at radius 1 is 1.08 bits per heavy atom. The molecule has 6 heteroatoms. The normalized spacial score (nSPS) is 11.0. The first-order valence-electron chi connectivity index (χ1n) is 8.15. The molecule has 1 heterocycles. The maximum Gasteiger partial charge on any atom is 0.235 e. The zero-order valence-corrected chi connectivity index (χ0v) is 14.8. The third kappa shape index (κ3) is 5.11. The summed E-state index contributed by atoms with van der Waals surface area (Å²) in [7, 11) is 1.62. The molecule has 0 saturated carbocycles. The van der Waals surface area contributed by atoms with Crippen LogP contribution in [0, 0.1) is 5.41 Å². The van der Waals surface area contributed by atoms with Gasteiger partial charge in [0, 0.05) is 6.54 Å². The third-order valence-corrected chi connectivity index (χ3v) is 4.00. The highest BCUT2D eigenvalue weighted by atomic mass is 16.5. The SMILES string of the molecule is COc1ccc(CCNC(=O)C(C)(C)C(=O)NCc2ccco2)cc1. The minimum absolute atomic E-state index is 0.258. The Morgan fingerprint density at radius 2 is 1.76 bits per heavy atom. The maximum absolute atomic E-state index is 12.3. The van der Waals surface area contributed by atoms with Crippen molar-refractivity contribution in [3.63, 3.8) is 0 Å². The van der Waals surface area contributed by atoms with E-state index in [2.05, 4.69) is 10.6 Å². The van der Waals surface area contributed by atoms with E-state index in [9.17, 15) is 9.59 Å². The number of nitrogens with one attached hydrogen (secondary N) is 2. The summed E-state index contributed by atoms with van der Waals surface area (Å²) in [6, 6.07) is 11.2. The van der Waals surface area contributed by atoms with Crippen molar-refractivity contribution >= 4 is 11.8 Å². The molecular weight excluding hydrogens is 320 g/mol. The van der Waals surface area contributed by atoms with E-state index in [1.807, 2.05) is 24.3 Å². The fourth-order valence-corrected chi connectivity index (χ4v) is 2.24. The molecule has 0 aliphatic carbocycles.